The third kappa shape index (κ3) is 4.09. The molecule has 0 amide bonds. The lowest BCUT2D eigenvalue weighted by molar-refractivity contribution is 0.330. The Kier molecular flexibility index (Phi) is 5.17. The Morgan fingerprint density at radius 2 is 2.06 bits per heavy atom. The topological polar surface area (TPSA) is 16.1 Å². The number of hydrogen-bond acceptors (Lipinski definition) is 3. The highest BCUT2D eigenvalue weighted by Gasteiger charge is 2.05. The summed E-state index contributed by atoms with van der Waals surface area (Å²) in [6.45, 7) is 1.94. The molecule has 0 aliphatic heterocycles. The lowest BCUT2D eigenvalue weighted by Crippen LogP contribution is -2.20. The van der Waals surface area contributed by atoms with Gasteiger partial charge in [0.05, 0.1) is 18.1 Å². The summed E-state index contributed by atoms with van der Waals surface area (Å²) in [7, 11) is 2.13. The van der Waals surface area contributed by atoms with Crippen molar-refractivity contribution in [3.05, 3.63) is 52.0 Å². The lowest BCUT2D eigenvalue weighted by Gasteiger charge is -2.14. The number of nitrogens with zero attached hydrogens (tertiary/aromatic N) is 2. The maximum Gasteiger partial charge on any atom is 0.107 e. The summed E-state index contributed by atoms with van der Waals surface area (Å²) >= 11 is 7.44. The van der Waals surface area contributed by atoms with Gasteiger partial charge in [-0.1, -0.05) is 30.3 Å². The first-order valence-electron chi connectivity index (χ1n) is 5.99. The highest BCUT2D eigenvalue weighted by Crippen LogP contribution is 2.13. The summed E-state index contributed by atoms with van der Waals surface area (Å²) in [6.07, 6.45) is 1.07. The number of benzene rings is 1. The Labute approximate surface area is 117 Å². The van der Waals surface area contributed by atoms with Crippen molar-refractivity contribution in [2.24, 2.45) is 0 Å². The normalized spacial score (nSPS) is 11.1. The van der Waals surface area contributed by atoms with Crippen LogP contribution in [-0.2, 0) is 18.8 Å². The van der Waals surface area contributed by atoms with Gasteiger partial charge >= 0.3 is 0 Å². The van der Waals surface area contributed by atoms with E-state index < -0.39 is 0 Å². The number of hydrogen-bond donors (Lipinski definition) is 0. The van der Waals surface area contributed by atoms with Gasteiger partial charge in [-0.05, 0) is 19.0 Å². The summed E-state index contributed by atoms with van der Waals surface area (Å²) in [4.78, 5) is 6.76. The molecule has 4 heteroatoms. The number of thiazole rings is 1. The third-order valence-electron chi connectivity index (χ3n) is 2.77. The van der Waals surface area contributed by atoms with Crippen molar-refractivity contribution in [2.75, 3.05) is 13.6 Å². The smallest absolute Gasteiger partial charge is 0.107 e. The van der Waals surface area contributed by atoms with Crippen LogP contribution in [0.3, 0.4) is 0 Å². The van der Waals surface area contributed by atoms with Crippen molar-refractivity contribution in [3.63, 3.8) is 0 Å². The summed E-state index contributed by atoms with van der Waals surface area (Å²) in [5.41, 5.74) is 2.36. The predicted molar refractivity (Wildman–Crippen MR) is 78.2 cm³/mol. The van der Waals surface area contributed by atoms with Crippen LogP contribution >= 0.6 is 22.9 Å². The Morgan fingerprint density at radius 3 is 2.72 bits per heavy atom. The highest BCUT2D eigenvalue weighted by molar-refractivity contribution is 7.09. The molecule has 0 N–H and O–H groups in total. The standard InChI is InChI=1S/C14H17ClN2S/c1-17(8-7-12-5-3-2-4-6-12)10-14-16-13(9-15)11-18-14/h2-6,11H,7-10H2,1H3. The molecule has 0 saturated heterocycles. The molecule has 2 rings (SSSR count). The maximum absolute atomic E-state index is 5.75. The fourth-order valence-corrected chi connectivity index (χ4v) is 2.86. The van der Waals surface area contributed by atoms with Gasteiger partial charge in [-0.25, -0.2) is 4.98 Å². The van der Waals surface area contributed by atoms with E-state index in [1.165, 1.54) is 5.56 Å². The van der Waals surface area contributed by atoms with E-state index in [4.69, 9.17) is 11.6 Å². The molecule has 0 radical (unpaired) electrons. The van der Waals surface area contributed by atoms with E-state index in [0.29, 0.717) is 5.88 Å². The molecule has 0 unspecified atom stereocenters. The molecule has 0 bridgehead atoms. The lowest BCUT2D eigenvalue weighted by atomic mass is 10.1. The van der Waals surface area contributed by atoms with Crippen LogP contribution in [0, 0.1) is 0 Å². The van der Waals surface area contributed by atoms with Crippen LogP contribution in [-0.4, -0.2) is 23.5 Å². The van der Waals surface area contributed by atoms with Crippen molar-refractivity contribution < 1.29 is 0 Å². The van der Waals surface area contributed by atoms with Gasteiger partial charge in [0.1, 0.15) is 5.01 Å². The van der Waals surface area contributed by atoms with E-state index in [1.54, 1.807) is 11.3 Å². The van der Waals surface area contributed by atoms with E-state index in [0.717, 1.165) is 30.2 Å². The van der Waals surface area contributed by atoms with Crippen molar-refractivity contribution >= 4 is 22.9 Å². The molecule has 0 atom stereocenters. The minimum absolute atomic E-state index is 0.504. The van der Waals surface area contributed by atoms with Gasteiger partial charge in [0.25, 0.3) is 0 Å². The summed E-state index contributed by atoms with van der Waals surface area (Å²) in [6, 6.07) is 10.6. The van der Waals surface area contributed by atoms with Gasteiger partial charge in [0.15, 0.2) is 0 Å². The van der Waals surface area contributed by atoms with Gasteiger partial charge < -0.3 is 0 Å². The second kappa shape index (κ2) is 6.88. The van der Waals surface area contributed by atoms with Crippen LogP contribution in [0.15, 0.2) is 35.7 Å². The van der Waals surface area contributed by atoms with Crippen molar-refractivity contribution in [2.45, 2.75) is 18.8 Å². The first-order chi connectivity index (χ1) is 8.78. The van der Waals surface area contributed by atoms with E-state index in [9.17, 15) is 0 Å². The number of rotatable bonds is 6. The van der Waals surface area contributed by atoms with Crippen molar-refractivity contribution in [1.29, 1.82) is 0 Å². The van der Waals surface area contributed by atoms with Gasteiger partial charge in [-0.2, -0.15) is 0 Å². The molecule has 1 aromatic heterocycles. The molecule has 96 valence electrons. The van der Waals surface area contributed by atoms with Crippen LogP contribution in [0.2, 0.25) is 0 Å². The molecule has 0 fully saturated rings. The Morgan fingerprint density at radius 1 is 1.28 bits per heavy atom. The molecule has 1 heterocycles. The Balaban J connectivity index is 1.80. The number of alkyl halides is 1. The van der Waals surface area contributed by atoms with E-state index in [2.05, 4.69) is 47.3 Å². The minimum Gasteiger partial charge on any atom is -0.299 e. The zero-order valence-corrected chi connectivity index (χ0v) is 12.0. The maximum atomic E-state index is 5.75. The molecule has 0 aliphatic carbocycles. The first kappa shape index (κ1) is 13.5. The fourth-order valence-electron chi connectivity index (χ4n) is 1.76. The SMILES string of the molecule is CN(CCc1ccccc1)Cc1nc(CCl)cs1. The molecule has 0 spiro atoms. The zero-order chi connectivity index (χ0) is 12.8. The molecule has 1 aromatic carbocycles. The van der Waals surface area contributed by atoms with E-state index >= 15 is 0 Å². The van der Waals surface area contributed by atoms with Gasteiger partial charge in [-0.15, -0.1) is 22.9 Å². The summed E-state index contributed by atoms with van der Waals surface area (Å²) in [5.74, 6) is 0.504. The van der Waals surface area contributed by atoms with Crippen LogP contribution < -0.4 is 0 Å². The molecule has 0 saturated carbocycles. The van der Waals surface area contributed by atoms with Gasteiger partial charge in [0, 0.05) is 11.9 Å². The molecule has 18 heavy (non-hydrogen) atoms. The molecular formula is C14H17ClN2S. The van der Waals surface area contributed by atoms with Crippen molar-refractivity contribution in [3.8, 4) is 0 Å². The Bertz CT molecular complexity index is 470. The quantitative estimate of drug-likeness (QED) is 0.752. The monoisotopic (exact) mass is 280 g/mol. The first-order valence-corrected chi connectivity index (χ1v) is 7.41. The molecular weight excluding hydrogens is 264 g/mol. The summed E-state index contributed by atoms with van der Waals surface area (Å²) in [5, 5.41) is 3.18. The number of halogens is 1. The molecule has 2 nitrogen and oxygen atoms in total. The number of likely N-dealkylation sites (N-methyl/N-ethyl adjacent to an activating group) is 1. The second-order valence-corrected chi connectivity index (χ2v) is 5.55. The second-order valence-electron chi connectivity index (χ2n) is 4.34. The fraction of sp³-hybridized carbons (Fsp3) is 0.357. The zero-order valence-electron chi connectivity index (χ0n) is 10.5. The average Bonchev–Trinajstić information content (AvgIpc) is 2.85. The predicted octanol–water partition coefficient (Wildman–Crippen LogP) is 3.56. The third-order valence-corrected chi connectivity index (χ3v) is 3.92. The van der Waals surface area contributed by atoms with E-state index in [1.807, 2.05) is 5.38 Å². The minimum atomic E-state index is 0.504. The Hall–Kier alpha value is -0.900. The van der Waals surface area contributed by atoms with Crippen LogP contribution in [0.1, 0.15) is 16.3 Å². The van der Waals surface area contributed by atoms with E-state index in [-0.39, 0.29) is 0 Å². The highest BCUT2D eigenvalue weighted by atomic mass is 35.5. The number of aromatic nitrogens is 1. The molecule has 0 aliphatic rings. The molecule has 2 aromatic rings. The van der Waals surface area contributed by atoms with Crippen LogP contribution in [0.25, 0.3) is 0 Å². The van der Waals surface area contributed by atoms with Crippen LogP contribution in [0.4, 0.5) is 0 Å². The summed E-state index contributed by atoms with van der Waals surface area (Å²) < 4.78 is 0. The van der Waals surface area contributed by atoms with Gasteiger partial charge in [-0.3, -0.25) is 4.90 Å². The van der Waals surface area contributed by atoms with Crippen molar-refractivity contribution in [1.82, 2.24) is 9.88 Å². The van der Waals surface area contributed by atoms with Gasteiger partial charge in [0.2, 0.25) is 0 Å². The average molecular weight is 281 g/mol. The largest absolute Gasteiger partial charge is 0.299 e. The van der Waals surface area contributed by atoms with Crippen LogP contribution in [0.5, 0.6) is 0 Å².